The molecule has 74 valence electrons. The molecular weight excluding hydrogens is 255 g/mol. The summed E-state index contributed by atoms with van der Waals surface area (Å²) < 4.78 is 6.16. The van der Waals surface area contributed by atoms with Crippen LogP contribution in [0.3, 0.4) is 0 Å². The van der Waals surface area contributed by atoms with Gasteiger partial charge in [-0.2, -0.15) is 0 Å². The summed E-state index contributed by atoms with van der Waals surface area (Å²) in [5, 5.41) is 0. The van der Waals surface area contributed by atoms with Gasteiger partial charge in [-0.25, -0.2) is 0 Å². The van der Waals surface area contributed by atoms with E-state index in [2.05, 4.69) is 21.4 Å². The topological polar surface area (TPSA) is 47.3 Å². The minimum Gasteiger partial charge on any atom is -0.496 e. The molecule has 0 unspecified atom stereocenters. The molecule has 0 aliphatic carbocycles. The van der Waals surface area contributed by atoms with E-state index in [0.29, 0.717) is 6.54 Å². The summed E-state index contributed by atoms with van der Waals surface area (Å²) in [6.07, 6.45) is 0. The average molecular weight is 268 g/mol. The highest BCUT2D eigenvalue weighted by molar-refractivity contribution is 9.10. The molecule has 0 aliphatic rings. The van der Waals surface area contributed by atoms with Crippen molar-refractivity contribution in [3.63, 3.8) is 0 Å². The fourth-order valence-electron chi connectivity index (χ4n) is 0.995. The van der Waals surface area contributed by atoms with E-state index in [9.17, 15) is 0 Å². The minimum absolute atomic E-state index is 0. The van der Waals surface area contributed by atoms with Crippen LogP contribution in [0.4, 0.5) is 0 Å². The number of nitrogens with one attached hydrogen (secondary N) is 1. The normalized spacial score (nSPS) is 9.15. The predicted molar refractivity (Wildman–Crippen MR) is 59.0 cm³/mol. The van der Waals surface area contributed by atoms with Crippen LogP contribution in [-0.2, 0) is 6.54 Å². The molecule has 1 aromatic rings. The maximum absolute atomic E-state index is 5.21. The first-order valence-corrected chi connectivity index (χ1v) is 4.33. The van der Waals surface area contributed by atoms with Gasteiger partial charge < -0.3 is 4.74 Å². The SMILES string of the molecule is COc1ccc(Br)cc1CNN.Cl. The second-order valence-electron chi connectivity index (χ2n) is 2.34. The van der Waals surface area contributed by atoms with Crippen LogP contribution < -0.4 is 16.0 Å². The summed E-state index contributed by atoms with van der Waals surface area (Å²) in [5.74, 6) is 6.06. The number of ether oxygens (including phenoxy) is 1. The molecule has 0 atom stereocenters. The molecule has 5 heteroatoms. The Morgan fingerprint density at radius 3 is 2.77 bits per heavy atom. The van der Waals surface area contributed by atoms with Crippen molar-refractivity contribution in [1.29, 1.82) is 0 Å². The lowest BCUT2D eigenvalue weighted by atomic mass is 10.2. The third-order valence-corrected chi connectivity index (χ3v) is 2.03. The van der Waals surface area contributed by atoms with Crippen molar-refractivity contribution in [3.8, 4) is 5.75 Å². The second kappa shape index (κ2) is 6.21. The van der Waals surface area contributed by atoms with Crippen LogP contribution in [-0.4, -0.2) is 7.11 Å². The molecule has 1 aromatic carbocycles. The Labute approximate surface area is 92.2 Å². The van der Waals surface area contributed by atoms with Crippen molar-refractivity contribution in [2.75, 3.05) is 7.11 Å². The number of methoxy groups -OCH3 is 1. The summed E-state index contributed by atoms with van der Waals surface area (Å²) in [5.41, 5.74) is 3.62. The lowest BCUT2D eigenvalue weighted by Gasteiger charge is -2.07. The maximum Gasteiger partial charge on any atom is 0.123 e. The second-order valence-corrected chi connectivity index (χ2v) is 3.25. The van der Waals surface area contributed by atoms with Gasteiger partial charge in [-0.15, -0.1) is 12.4 Å². The van der Waals surface area contributed by atoms with E-state index in [0.717, 1.165) is 15.8 Å². The van der Waals surface area contributed by atoms with Gasteiger partial charge in [-0.05, 0) is 18.2 Å². The van der Waals surface area contributed by atoms with Crippen molar-refractivity contribution in [2.24, 2.45) is 5.84 Å². The quantitative estimate of drug-likeness (QED) is 0.649. The molecular formula is C8H12BrClN2O. The summed E-state index contributed by atoms with van der Waals surface area (Å²) in [6, 6.07) is 5.80. The van der Waals surface area contributed by atoms with Crippen molar-refractivity contribution < 1.29 is 4.74 Å². The van der Waals surface area contributed by atoms with E-state index in [-0.39, 0.29) is 12.4 Å². The Balaban J connectivity index is 0.00000144. The molecule has 0 spiro atoms. The third kappa shape index (κ3) is 3.52. The number of hydrogen-bond acceptors (Lipinski definition) is 3. The minimum atomic E-state index is 0. The zero-order chi connectivity index (χ0) is 8.97. The summed E-state index contributed by atoms with van der Waals surface area (Å²) in [7, 11) is 1.64. The summed E-state index contributed by atoms with van der Waals surface area (Å²) in [6.45, 7) is 0.600. The Morgan fingerprint density at radius 2 is 2.23 bits per heavy atom. The fourth-order valence-corrected chi connectivity index (χ4v) is 1.40. The fraction of sp³-hybridized carbons (Fsp3) is 0.250. The Kier molecular flexibility index (Phi) is 6.07. The highest BCUT2D eigenvalue weighted by Crippen LogP contribution is 2.22. The van der Waals surface area contributed by atoms with Crippen LogP contribution in [0.25, 0.3) is 0 Å². The van der Waals surface area contributed by atoms with Gasteiger partial charge in [-0.1, -0.05) is 15.9 Å². The Hall–Kier alpha value is -0.290. The molecule has 0 saturated heterocycles. The molecule has 0 heterocycles. The van der Waals surface area contributed by atoms with E-state index in [4.69, 9.17) is 10.6 Å². The van der Waals surface area contributed by atoms with Crippen LogP contribution in [0.1, 0.15) is 5.56 Å². The highest BCUT2D eigenvalue weighted by atomic mass is 79.9. The number of halogens is 2. The first-order valence-electron chi connectivity index (χ1n) is 3.54. The number of hydrogen-bond donors (Lipinski definition) is 2. The van der Waals surface area contributed by atoms with Gasteiger partial charge in [0, 0.05) is 16.6 Å². The van der Waals surface area contributed by atoms with E-state index < -0.39 is 0 Å². The molecule has 0 saturated carbocycles. The molecule has 13 heavy (non-hydrogen) atoms. The van der Waals surface area contributed by atoms with Crippen molar-refractivity contribution in [1.82, 2.24) is 5.43 Å². The van der Waals surface area contributed by atoms with Crippen molar-refractivity contribution in [2.45, 2.75) is 6.54 Å². The molecule has 0 fully saturated rings. The number of rotatable bonds is 3. The van der Waals surface area contributed by atoms with E-state index in [1.165, 1.54) is 0 Å². The smallest absolute Gasteiger partial charge is 0.123 e. The lowest BCUT2D eigenvalue weighted by molar-refractivity contribution is 0.408. The Morgan fingerprint density at radius 1 is 1.54 bits per heavy atom. The zero-order valence-corrected chi connectivity index (χ0v) is 9.61. The third-order valence-electron chi connectivity index (χ3n) is 1.53. The van der Waals surface area contributed by atoms with Crippen molar-refractivity contribution >= 4 is 28.3 Å². The van der Waals surface area contributed by atoms with Crippen molar-refractivity contribution in [3.05, 3.63) is 28.2 Å². The van der Waals surface area contributed by atoms with Gasteiger partial charge in [0.2, 0.25) is 0 Å². The van der Waals surface area contributed by atoms with Crippen LogP contribution >= 0.6 is 28.3 Å². The zero-order valence-electron chi connectivity index (χ0n) is 7.21. The molecule has 1 rings (SSSR count). The van der Waals surface area contributed by atoms with Gasteiger partial charge in [0.15, 0.2) is 0 Å². The average Bonchev–Trinajstić information content (AvgIpc) is 2.05. The molecule has 3 nitrogen and oxygen atoms in total. The largest absolute Gasteiger partial charge is 0.496 e. The van der Waals surface area contributed by atoms with E-state index >= 15 is 0 Å². The molecule has 0 bridgehead atoms. The van der Waals surface area contributed by atoms with Gasteiger partial charge in [0.1, 0.15) is 5.75 Å². The van der Waals surface area contributed by atoms with Gasteiger partial charge >= 0.3 is 0 Å². The lowest BCUT2D eigenvalue weighted by Crippen LogP contribution is -2.21. The first-order chi connectivity index (χ1) is 5.77. The molecule has 3 N–H and O–H groups in total. The number of hydrazine groups is 1. The highest BCUT2D eigenvalue weighted by Gasteiger charge is 2.01. The van der Waals surface area contributed by atoms with Crippen LogP contribution in [0.15, 0.2) is 22.7 Å². The van der Waals surface area contributed by atoms with E-state index in [1.54, 1.807) is 7.11 Å². The molecule has 0 aliphatic heterocycles. The monoisotopic (exact) mass is 266 g/mol. The summed E-state index contributed by atoms with van der Waals surface area (Å²) >= 11 is 3.37. The molecule has 0 amide bonds. The van der Waals surface area contributed by atoms with Gasteiger partial charge in [0.25, 0.3) is 0 Å². The van der Waals surface area contributed by atoms with Crippen LogP contribution in [0.5, 0.6) is 5.75 Å². The number of benzene rings is 1. The number of nitrogens with two attached hydrogens (primary N) is 1. The Bertz CT molecular complexity index is 270. The van der Waals surface area contributed by atoms with Crippen LogP contribution in [0.2, 0.25) is 0 Å². The molecule has 0 aromatic heterocycles. The van der Waals surface area contributed by atoms with E-state index in [1.807, 2.05) is 18.2 Å². The van der Waals surface area contributed by atoms with Crippen LogP contribution in [0, 0.1) is 0 Å². The molecule has 0 radical (unpaired) electrons. The predicted octanol–water partition coefficient (Wildman–Crippen LogP) is 1.84. The standard InChI is InChI=1S/C8H11BrN2O.ClH/c1-12-8-3-2-7(9)4-6(8)5-11-10;/h2-4,11H,5,10H2,1H3;1H. The maximum atomic E-state index is 5.21. The summed E-state index contributed by atoms with van der Waals surface area (Å²) in [4.78, 5) is 0. The van der Waals surface area contributed by atoms with Gasteiger partial charge in [-0.3, -0.25) is 11.3 Å². The van der Waals surface area contributed by atoms with Gasteiger partial charge in [0.05, 0.1) is 7.11 Å². The first kappa shape index (κ1) is 12.7.